The number of benzene rings is 1. The van der Waals surface area contributed by atoms with E-state index < -0.39 is 0 Å². The van der Waals surface area contributed by atoms with Crippen LogP contribution in [0.4, 0.5) is 0 Å². The van der Waals surface area contributed by atoms with Crippen molar-refractivity contribution in [1.82, 2.24) is 34.5 Å². The molecule has 0 fully saturated rings. The zero-order chi connectivity index (χ0) is 21.8. The maximum atomic E-state index is 13.3. The maximum absolute atomic E-state index is 13.3. The number of hydrogen-bond acceptors (Lipinski definition) is 8. The van der Waals surface area contributed by atoms with Gasteiger partial charge in [-0.1, -0.05) is 12.1 Å². The van der Waals surface area contributed by atoms with Crippen LogP contribution in [0.1, 0.15) is 21.3 Å². The van der Waals surface area contributed by atoms with E-state index in [1.54, 1.807) is 23.7 Å². The number of aromatic nitrogens is 7. The molecule has 9 nitrogen and oxygen atoms in total. The number of aliphatic hydroxyl groups is 1. The molecule has 6 rings (SSSR count). The predicted octanol–water partition coefficient (Wildman–Crippen LogP) is 2.81. The fraction of sp³-hybridized carbons (Fsp3) is 0.190. The number of hydrogen-bond donors (Lipinski definition) is 2. The number of aliphatic hydroxyl groups excluding tert-OH is 1. The number of aryl methyl sites for hydroxylation is 1. The van der Waals surface area contributed by atoms with Gasteiger partial charge in [0.15, 0.2) is 5.65 Å². The molecule has 5 aromatic heterocycles. The molecule has 32 heavy (non-hydrogen) atoms. The summed E-state index contributed by atoms with van der Waals surface area (Å²) < 4.78 is 4.29. The lowest BCUT2D eigenvalue weighted by atomic mass is 10.1. The first-order chi connectivity index (χ1) is 15.6. The van der Waals surface area contributed by atoms with Crippen LogP contribution in [0.25, 0.3) is 32.2 Å². The molecule has 0 amide bonds. The molecule has 0 aliphatic rings. The summed E-state index contributed by atoms with van der Waals surface area (Å²) in [5.74, 6) is 0. The monoisotopic (exact) mass is 463 g/mol. The van der Waals surface area contributed by atoms with Gasteiger partial charge in [-0.15, -0.1) is 22.7 Å². The van der Waals surface area contributed by atoms with Crippen LogP contribution in [0.5, 0.6) is 0 Å². The van der Waals surface area contributed by atoms with Gasteiger partial charge >= 0.3 is 0 Å². The van der Waals surface area contributed by atoms with Crippen molar-refractivity contribution in [3.05, 3.63) is 67.6 Å². The zero-order valence-electron chi connectivity index (χ0n) is 16.9. The fourth-order valence-electron chi connectivity index (χ4n) is 4.01. The van der Waals surface area contributed by atoms with Crippen LogP contribution in [0.15, 0.2) is 40.8 Å². The van der Waals surface area contributed by atoms with Crippen molar-refractivity contribution in [2.24, 2.45) is 7.05 Å². The van der Waals surface area contributed by atoms with Gasteiger partial charge in [-0.3, -0.25) is 9.89 Å². The Labute approximate surface area is 188 Å². The van der Waals surface area contributed by atoms with E-state index in [9.17, 15) is 9.90 Å². The molecular weight excluding hydrogens is 446 g/mol. The molecule has 0 atom stereocenters. The number of rotatable bonds is 5. The first kappa shape index (κ1) is 19.3. The van der Waals surface area contributed by atoms with Crippen molar-refractivity contribution in [3.63, 3.8) is 0 Å². The molecule has 0 aliphatic carbocycles. The molecular formula is C21H17N7O2S2. The van der Waals surface area contributed by atoms with Crippen molar-refractivity contribution < 1.29 is 5.11 Å². The Morgan fingerprint density at radius 1 is 1.16 bits per heavy atom. The van der Waals surface area contributed by atoms with E-state index in [2.05, 4.69) is 20.3 Å². The predicted molar refractivity (Wildman–Crippen MR) is 124 cm³/mol. The molecule has 0 bridgehead atoms. The summed E-state index contributed by atoms with van der Waals surface area (Å²) in [6.45, 7) is 0.308. The Kier molecular flexibility index (Phi) is 4.42. The van der Waals surface area contributed by atoms with Crippen molar-refractivity contribution >= 4 is 54.8 Å². The van der Waals surface area contributed by atoms with Gasteiger partial charge in [0.25, 0.3) is 5.56 Å². The second-order valence-electron chi connectivity index (χ2n) is 7.50. The van der Waals surface area contributed by atoms with E-state index >= 15 is 0 Å². The van der Waals surface area contributed by atoms with Crippen LogP contribution in [-0.4, -0.2) is 39.6 Å². The molecule has 0 saturated heterocycles. The van der Waals surface area contributed by atoms with Gasteiger partial charge in [-0.05, 0) is 11.6 Å². The second kappa shape index (κ2) is 7.33. The molecule has 0 radical (unpaired) electrons. The summed E-state index contributed by atoms with van der Waals surface area (Å²) in [6, 6.07) is 5.87. The molecule has 5 heterocycles. The molecule has 0 saturated carbocycles. The Morgan fingerprint density at radius 3 is 2.91 bits per heavy atom. The molecule has 160 valence electrons. The largest absolute Gasteiger partial charge is 0.389 e. The highest BCUT2D eigenvalue weighted by atomic mass is 32.1. The maximum Gasteiger partial charge on any atom is 0.291 e. The van der Waals surface area contributed by atoms with Crippen LogP contribution in [0, 0.1) is 0 Å². The summed E-state index contributed by atoms with van der Waals surface area (Å²) in [7, 11) is 1.86. The first-order valence-electron chi connectivity index (χ1n) is 9.91. The summed E-state index contributed by atoms with van der Waals surface area (Å²) >= 11 is 2.99. The zero-order valence-corrected chi connectivity index (χ0v) is 18.6. The summed E-state index contributed by atoms with van der Waals surface area (Å²) in [5.41, 5.74) is 4.01. The normalized spacial score (nSPS) is 11.9. The average molecular weight is 464 g/mol. The molecule has 0 spiro atoms. The number of thiazole rings is 2. The van der Waals surface area contributed by atoms with E-state index in [1.165, 1.54) is 16.0 Å². The van der Waals surface area contributed by atoms with Gasteiger partial charge in [-0.2, -0.15) is 10.2 Å². The van der Waals surface area contributed by atoms with Gasteiger partial charge in [0.2, 0.25) is 0 Å². The third-order valence-corrected chi connectivity index (χ3v) is 7.49. The average Bonchev–Trinajstić information content (AvgIpc) is 3.57. The minimum absolute atomic E-state index is 0.0534. The number of nitrogens with one attached hydrogen (secondary N) is 1. The fourth-order valence-corrected chi connectivity index (χ4v) is 5.78. The van der Waals surface area contributed by atoms with Gasteiger partial charge in [-0.25, -0.2) is 14.6 Å². The minimum Gasteiger partial charge on any atom is -0.389 e. The highest BCUT2D eigenvalue weighted by Gasteiger charge is 2.19. The molecule has 11 heteroatoms. The summed E-state index contributed by atoms with van der Waals surface area (Å²) in [6.07, 6.45) is 4.11. The van der Waals surface area contributed by atoms with Crippen molar-refractivity contribution in [2.75, 3.05) is 0 Å². The Balaban J connectivity index is 1.40. The van der Waals surface area contributed by atoms with Crippen molar-refractivity contribution in [2.45, 2.75) is 19.6 Å². The lowest BCUT2D eigenvalue weighted by Crippen LogP contribution is -2.24. The highest BCUT2D eigenvalue weighted by molar-refractivity contribution is 7.19. The van der Waals surface area contributed by atoms with Crippen molar-refractivity contribution in [3.8, 4) is 0 Å². The molecule has 0 aliphatic heterocycles. The van der Waals surface area contributed by atoms with E-state index in [0.717, 1.165) is 42.9 Å². The third-order valence-electron chi connectivity index (χ3n) is 5.53. The van der Waals surface area contributed by atoms with Crippen LogP contribution in [0.2, 0.25) is 0 Å². The summed E-state index contributed by atoms with van der Waals surface area (Å²) in [5, 5.41) is 26.1. The Bertz CT molecular complexity index is 1670. The van der Waals surface area contributed by atoms with Crippen LogP contribution >= 0.6 is 22.7 Å². The lowest BCUT2D eigenvalue weighted by Gasteiger charge is -2.07. The van der Waals surface area contributed by atoms with E-state index in [1.807, 2.05) is 35.2 Å². The topological polar surface area (TPSA) is 115 Å². The Hall–Kier alpha value is -3.41. The quantitative estimate of drug-likeness (QED) is 0.406. The molecule has 1 aromatic carbocycles. The van der Waals surface area contributed by atoms with Gasteiger partial charge in [0, 0.05) is 29.6 Å². The van der Waals surface area contributed by atoms with Crippen molar-refractivity contribution in [1.29, 1.82) is 0 Å². The molecule has 6 aromatic rings. The van der Waals surface area contributed by atoms with E-state index in [-0.39, 0.29) is 12.2 Å². The van der Waals surface area contributed by atoms with Gasteiger partial charge < -0.3 is 9.67 Å². The van der Waals surface area contributed by atoms with Crippen LogP contribution < -0.4 is 5.56 Å². The van der Waals surface area contributed by atoms with E-state index in [0.29, 0.717) is 23.5 Å². The van der Waals surface area contributed by atoms with Gasteiger partial charge in [0.05, 0.1) is 41.5 Å². The third kappa shape index (κ3) is 2.97. The highest BCUT2D eigenvalue weighted by Crippen LogP contribution is 2.32. The van der Waals surface area contributed by atoms with E-state index in [4.69, 9.17) is 4.98 Å². The number of fused-ring (bicyclic) bond motifs is 4. The van der Waals surface area contributed by atoms with Crippen LogP contribution in [-0.2, 0) is 26.6 Å². The van der Waals surface area contributed by atoms with Crippen LogP contribution in [0.3, 0.4) is 0 Å². The number of H-pyrrole nitrogens is 1. The first-order valence-corrected chi connectivity index (χ1v) is 11.6. The SMILES string of the molecule is Cn1c2nc(Cc3csc(CO)n3)sc2c2cnn(Cc3cccc4[nH]ncc34)c(=O)c21. The number of nitrogens with zero attached hydrogens (tertiary/aromatic N) is 6. The molecule has 0 unspecified atom stereocenters. The number of aromatic amines is 1. The lowest BCUT2D eigenvalue weighted by molar-refractivity contribution is 0.281. The molecule has 2 N–H and O–H groups in total. The minimum atomic E-state index is -0.149. The second-order valence-corrected chi connectivity index (χ2v) is 9.53. The Morgan fingerprint density at radius 2 is 2.06 bits per heavy atom. The summed E-state index contributed by atoms with van der Waals surface area (Å²) in [4.78, 5) is 22.5. The smallest absolute Gasteiger partial charge is 0.291 e. The standard InChI is InChI=1S/C21H17N7O2S2/c1-27-18-14(19-20(27)25-16(32-19)5-12-10-31-17(9-29)24-12)7-23-28(21(18)30)8-11-3-2-4-15-13(11)6-22-26-15/h2-4,6-7,10,29H,5,8-9H2,1H3,(H,22,26). The van der Waals surface area contributed by atoms with Gasteiger partial charge in [0.1, 0.15) is 15.5 Å².